The van der Waals surface area contributed by atoms with Gasteiger partial charge in [-0.15, -0.1) is 0 Å². The fraction of sp³-hybridized carbons (Fsp3) is 0.167. The number of phenols is 1. The number of hydrogen-bond acceptors (Lipinski definition) is 3. The molecule has 17 heavy (non-hydrogen) atoms. The smallest absolute Gasteiger partial charge is 0.335 e. The fourth-order valence-corrected chi connectivity index (χ4v) is 1.17. The molecule has 0 aliphatic carbocycles. The molecule has 0 saturated carbocycles. The predicted octanol–water partition coefficient (Wildman–Crippen LogP) is 1.28. The number of carboxylic acid groups (broad SMARTS) is 1. The van der Waals surface area contributed by atoms with Crippen LogP contribution in [0.15, 0.2) is 30.4 Å². The van der Waals surface area contributed by atoms with Gasteiger partial charge in [0.2, 0.25) is 5.91 Å². The van der Waals surface area contributed by atoms with Crippen molar-refractivity contribution in [3.8, 4) is 5.75 Å². The highest BCUT2D eigenvalue weighted by Gasteiger charge is 2.08. The molecule has 0 aromatic heterocycles. The highest BCUT2D eigenvalue weighted by Crippen LogP contribution is 2.18. The molecule has 0 radical (unpaired) electrons. The summed E-state index contributed by atoms with van der Waals surface area (Å²) in [5.41, 5.74) is 0.814. The van der Waals surface area contributed by atoms with E-state index in [1.165, 1.54) is 12.1 Å². The second-order valence-corrected chi connectivity index (χ2v) is 3.61. The highest BCUT2D eigenvalue weighted by atomic mass is 16.4. The van der Waals surface area contributed by atoms with Crippen LogP contribution >= 0.6 is 0 Å². The Kier molecular flexibility index (Phi) is 3.87. The number of phenolic OH excluding ortho intramolecular Hbond substituents is 1. The Morgan fingerprint density at radius 3 is 2.53 bits per heavy atom. The zero-order chi connectivity index (χ0) is 13.0. The second kappa shape index (κ2) is 5.16. The number of hydrogen-bond donors (Lipinski definition) is 3. The summed E-state index contributed by atoms with van der Waals surface area (Å²) in [5.74, 6) is -1.59. The first-order chi connectivity index (χ1) is 7.91. The monoisotopic (exact) mass is 235 g/mol. The molecule has 1 amide bonds. The lowest BCUT2D eigenvalue weighted by atomic mass is 10.1. The van der Waals surface area contributed by atoms with Crippen molar-refractivity contribution in [2.24, 2.45) is 0 Å². The maximum atomic E-state index is 11.2. The van der Waals surface area contributed by atoms with Gasteiger partial charge in [-0.05, 0) is 19.1 Å². The molecule has 1 rings (SSSR count). The molecule has 5 heteroatoms. The van der Waals surface area contributed by atoms with Crippen molar-refractivity contribution in [1.29, 1.82) is 0 Å². The van der Waals surface area contributed by atoms with Gasteiger partial charge in [-0.3, -0.25) is 4.79 Å². The minimum Gasteiger partial charge on any atom is -0.508 e. The molecule has 0 saturated heterocycles. The molecule has 1 aromatic carbocycles. The Labute approximate surface area is 98.4 Å². The highest BCUT2D eigenvalue weighted by molar-refractivity contribution is 5.92. The van der Waals surface area contributed by atoms with Gasteiger partial charge >= 0.3 is 5.97 Å². The summed E-state index contributed by atoms with van der Waals surface area (Å²) >= 11 is 0. The van der Waals surface area contributed by atoms with Crippen LogP contribution in [0.5, 0.6) is 5.75 Å². The summed E-state index contributed by atoms with van der Waals surface area (Å²) in [7, 11) is 0. The molecule has 0 aliphatic heterocycles. The Balaban J connectivity index is 2.76. The first-order valence-corrected chi connectivity index (χ1v) is 4.90. The molecule has 0 atom stereocenters. The van der Waals surface area contributed by atoms with Crippen LogP contribution < -0.4 is 5.32 Å². The summed E-state index contributed by atoms with van der Waals surface area (Å²) in [6.07, 6.45) is 0. The van der Waals surface area contributed by atoms with Gasteiger partial charge in [0.05, 0.1) is 5.56 Å². The van der Waals surface area contributed by atoms with E-state index in [-0.39, 0.29) is 23.8 Å². The molecular weight excluding hydrogens is 222 g/mol. The molecule has 3 N–H and O–H groups in total. The van der Waals surface area contributed by atoms with Gasteiger partial charge in [-0.2, -0.15) is 0 Å². The van der Waals surface area contributed by atoms with Crippen LogP contribution in [0.4, 0.5) is 0 Å². The van der Waals surface area contributed by atoms with Crippen LogP contribution in [0.25, 0.3) is 0 Å². The second-order valence-electron chi connectivity index (χ2n) is 3.61. The van der Waals surface area contributed by atoms with E-state index in [1.54, 1.807) is 6.92 Å². The maximum Gasteiger partial charge on any atom is 0.335 e. The fourth-order valence-electron chi connectivity index (χ4n) is 1.17. The number of carboxylic acids is 1. The molecule has 0 spiro atoms. The van der Waals surface area contributed by atoms with E-state index in [0.717, 1.165) is 6.07 Å². The number of carbonyl (C=O) groups is 2. The van der Waals surface area contributed by atoms with Gasteiger partial charge in [0.1, 0.15) is 5.75 Å². The number of carbonyl (C=O) groups excluding carboxylic acids is 1. The molecule has 0 bridgehead atoms. The van der Waals surface area contributed by atoms with Gasteiger partial charge in [-0.1, -0.05) is 12.6 Å². The zero-order valence-electron chi connectivity index (χ0n) is 9.36. The molecule has 1 aromatic rings. The van der Waals surface area contributed by atoms with E-state index in [4.69, 9.17) is 5.11 Å². The minimum atomic E-state index is -1.11. The maximum absolute atomic E-state index is 11.2. The van der Waals surface area contributed by atoms with Crippen LogP contribution in [-0.2, 0) is 11.3 Å². The first kappa shape index (κ1) is 12.8. The SMILES string of the molecule is C=C(C)C(=O)NCc1ccc(C(=O)O)cc1O. The van der Waals surface area contributed by atoms with Gasteiger partial charge in [0.15, 0.2) is 0 Å². The summed E-state index contributed by atoms with van der Waals surface area (Å²) in [6.45, 7) is 5.17. The standard InChI is InChI=1S/C12H13NO4/c1-7(2)11(15)13-6-9-4-3-8(12(16)17)5-10(9)14/h3-5,14H,1,6H2,2H3,(H,13,15)(H,16,17). The van der Waals surface area contributed by atoms with Crippen molar-refractivity contribution < 1.29 is 19.8 Å². The number of nitrogens with one attached hydrogen (secondary N) is 1. The van der Waals surface area contributed by atoms with E-state index in [0.29, 0.717) is 11.1 Å². The average Bonchev–Trinajstić information content (AvgIpc) is 2.26. The lowest BCUT2D eigenvalue weighted by Crippen LogP contribution is -2.23. The summed E-state index contributed by atoms with van der Waals surface area (Å²) in [6, 6.07) is 3.96. The lowest BCUT2D eigenvalue weighted by molar-refractivity contribution is -0.117. The van der Waals surface area contributed by atoms with Crippen molar-refractivity contribution in [2.75, 3.05) is 0 Å². The Hall–Kier alpha value is -2.30. The summed E-state index contributed by atoms with van der Waals surface area (Å²) in [4.78, 5) is 21.8. The molecule has 0 unspecified atom stereocenters. The molecule has 90 valence electrons. The van der Waals surface area contributed by atoms with Crippen LogP contribution in [0, 0.1) is 0 Å². The third kappa shape index (κ3) is 3.34. The predicted molar refractivity (Wildman–Crippen MR) is 61.7 cm³/mol. The average molecular weight is 235 g/mol. The number of rotatable bonds is 4. The molecule has 0 aliphatic rings. The molecule has 0 heterocycles. The Morgan fingerprint density at radius 1 is 1.41 bits per heavy atom. The molecule has 5 nitrogen and oxygen atoms in total. The van der Waals surface area contributed by atoms with Crippen molar-refractivity contribution >= 4 is 11.9 Å². The Morgan fingerprint density at radius 2 is 2.06 bits per heavy atom. The lowest BCUT2D eigenvalue weighted by Gasteiger charge is -2.07. The molecular formula is C12H13NO4. The first-order valence-electron chi connectivity index (χ1n) is 4.90. The van der Waals surface area contributed by atoms with E-state index < -0.39 is 5.97 Å². The van der Waals surface area contributed by atoms with Gasteiger partial charge in [-0.25, -0.2) is 4.79 Å². The van der Waals surface area contributed by atoms with Crippen LogP contribution in [0.3, 0.4) is 0 Å². The van der Waals surface area contributed by atoms with Crippen LogP contribution in [-0.4, -0.2) is 22.1 Å². The zero-order valence-corrected chi connectivity index (χ0v) is 9.36. The number of aromatic hydroxyl groups is 1. The number of benzene rings is 1. The number of aromatic carboxylic acids is 1. The minimum absolute atomic E-state index is 0.00234. The van der Waals surface area contributed by atoms with E-state index in [9.17, 15) is 14.7 Å². The van der Waals surface area contributed by atoms with Gasteiger partial charge in [0.25, 0.3) is 0 Å². The van der Waals surface area contributed by atoms with Crippen LogP contribution in [0.2, 0.25) is 0 Å². The molecule has 0 fully saturated rings. The topological polar surface area (TPSA) is 86.6 Å². The van der Waals surface area contributed by atoms with E-state index >= 15 is 0 Å². The summed E-state index contributed by atoms with van der Waals surface area (Å²) in [5, 5.41) is 20.8. The van der Waals surface area contributed by atoms with Gasteiger partial charge < -0.3 is 15.5 Å². The van der Waals surface area contributed by atoms with Crippen molar-refractivity contribution in [1.82, 2.24) is 5.32 Å². The third-order valence-electron chi connectivity index (χ3n) is 2.16. The van der Waals surface area contributed by atoms with Crippen molar-refractivity contribution in [2.45, 2.75) is 13.5 Å². The van der Waals surface area contributed by atoms with E-state index in [1.807, 2.05) is 0 Å². The third-order valence-corrected chi connectivity index (χ3v) is 2.16. The largest absolute Gasteiger partial charge is 0.508 e. The van der Waals surface area contributed by atoms with Crippen LogP contribution in [0.1, 0.15) is 22.8 Å². The summed E-state index contributed by atoms with van der Waals surface area (Å²) < 4.78 is 0. The number of amides is 1. The normalized spacial score (nSPS) is 9.71. The quantitative estimate of drug-likeness (QED) is 0.686. The van der Waals surface area contributed by atoms with Crippen molar-refractivity contribution in [3.05, 3.63) is 41.5 Å². The van der Waals surface area contributed by atoms with Gasteiger partial charge in [0, 0.05) is 17.7 Å². The van der Waals surface area contributed by atoms with Crippen molar-refractivity contribution in [3.63, 3.8) is 0 Å². The Bertz CT molecular complexity index is 479. The van der Waals surface area contributed by atoms with E-state index in [2.05, 4.69) is 11.9 Å².